The second-order valence-corrected chi connectivity index (χ2v) is 7.69. The average molecular weight is 424 g/mol. The topological polar surface area (TPSA) is 94.2 Å². The van der Waals surface area contributed by atoms with Crippen LogP contribution in [0.2, 0.25) is 0 Å². The molecule has 2 amide bonds. The number of fused-ring (bicyclic) bond motifs is 1. The second-order valence-electron chi connectivity index (χ2n) is 7.69. The molecule has 2 aromatic rings. The lowest BCUT2D eigenvalue weighted by Crippen LogP contribution is -2.44. The van der Waals surface area contributed by atoms with Gasteiger partial charge in [-0.15, -0.1) is 0 Å². The van der Waals surface area contributed by atoms with Gasteiger partial charge >= 0.3 is 5.97 Å². The Labute approximate surface area is 180 Å². The molecule has 2 aromatic carbocycles. The number of nitrogens with zero attached hydrogens (tertiary/aromatic N) is 1. The van der Waals surface area contributed by atoms with Gasteiger partial charge in [-0.3, -0.25) is 14.5 Å². The fourth-order valence-electron chi connectivity index (χ4n) is 4.13. The molecule has 0 bridgehead atoms. The third-order valence-electron chi connectivity index (χ3n) is 5.73. The molecule has 8 heteroatoms. The molecule has 2 atom stereocenters. The molecule has 31 heavy (non-hydrogen) atoms. The van der Waals surface area contributed by atoms with Crippen LogP contribution in [0.4, 0.5) is 5.69 Å². The summed E-state index contributed by atoms with van der Waals surface area (Å²) in [6.07, 6.45) is -0.458. The minimum atomic E-state index is -0.994. The summed E-state index contributed by atoms with van der Waals surface area (Å²) in [4.78, 5) is 39.9. The summed E-state index contributed by atoms with van der Waals surface area (Å²) < 4.78 is 16.2. The number of carbonyl (C=O) groups is 3. The van der Waals surface area contributed by atoms with E-state index in [1.54, 1.807) is 12.1 Å². The number of aryl methyl sites for hydroxylation is 2. The molecule has 1 fully saturated rings. The maximum absolute atomic E-state index is 13.1. The van der Waals surface area contributed by atoms with Crippen molar-refractivity contribution in [3.05, 3.63) is 52.6 Å². The number of hydrogen-bond acceptors (Lipinski definition) is 6. The molecular weight excluding hydrogens is 400 g/mol. The number of cyclic esters (lactones) is 1. The second kappa shape index (κ2) is 7.94. The van der Waals surface area contributed by atoms with Crippen molar-refractivity contribution in [3.63, 3.8) is 0 Å². The number of anilines is 1. The lowest BCUT2D eigenvalue weighted by atomic mass is 10.0. The van der Waals surface area contributed by atoms with Crippen LogP contribution in [0.5, 0.6) is 11.5 Å². The standard InChI is InChI=1S/C23H24N2O6/c1-12-5-6-13(2)15(11-12)24-21(27)16-8-10-18(26)25(16)22-14-7-9-17(29-3)20(30-4)19(14)23(28)31-22/h5-7,9,11,16,22H,8,10H2,1-4H3,(H,24,27). The first-order valence-electron chi connectivity index (χ1n) is 10.0. The van der Waals surface area contributed by atoms with E-state index in [1.807, 2.05) is 32.0 Å². The van der Waals surface area contributed by atoms with Crippen molar-refractivity contribution in [3.8, 4) is 11.5 Å². The molecule has 0 aliphatic carbocycles. The molecule has 0 aromatic heterocycles. The number of rotatable bonds is 5. The Hall–Kier alpha value is -3.55. The number of nitrogens with one attached hydrogen (secondary N) is 1. The maximum atomic E-state index is 13.1. The number of esters is 1. The minimum absolute atomic E-state index is 0.196. The van der Waals surface area contributed by atoms with E-state index < -0.39 is 18.2 Å². The van der Waals surface area contributed by atoms with E-state index in [9.17, 15) is 14.4 Å². The van der Waals surface area contributed by atoms with Gasteiger partial charge in [-0.25, -0.2) is 4.79 Å². The van der Waals surface area contributed by atoms with E-state index in [4.69, 9.17) is 14.2 Å². The van der Waals surface area contributed by atoms with Crippen LogP contribution in [0.15, 0.2) is 30.3 Å². The normalized spacial score (nSPS) is 19.8. The molecule has 4 rings (SSSR count). The van der Waals surface area contributed by atoms with Gasteiger partial charge < -0.3 is 19.5 Å². The Bertz CT molecular complexity index is 1080. The molecule has 2 aliphatic heterocycles. The molecule has 2 aliphatic rings. The summed E-state index contributed by atoms with van der Waals surface area (Å²) in [7, 11) is 2.90. The Morgan fingerprint density at radius 3 is 2.61 bits per heavy atom. The summed E-state index contributed by atoms with van der Waals surface area (Å²) in [6.45, 7) is 3.85. The van der Waals surface area contributed by atoms with Gasteiger partial charge in [0.05, 0.1) is 14.2 Å². The van der Waals surface area contributed by atoms with Crippen molar-refractivity contribution >= 4 is 23.5 Å². The first kappa shape index (κ1) is 20.7. The third kappa shape index (κ3) is 3.48. The van der Waals surface area contributed by atoms with Gasteiger partial charge in [0.2, 0.25) is 18.0 Å². The summed E-state index contributed by atoms with van der Waals surface area (Å²) in [5, 5.41) is 2.92. The largest absolute Gasteiger partial charge is 0.493 e. The zero-order valence-corrected chi connectivity index (χ0v) is 17.9. The van der Waals surface area contributed by atoms with Crippen molar-refractivity contribution in [2.24, 2.45) is 0 Å². The van der Waals surface area contributed by atoms with Crippen LogP contribution in [-0.2, 0) is 14.3 Å². The first-order valence-corrected chi connectivity index (χ1v) is 10.0. The molecular formula is C23H24N2O6. The van der Waals surface area contributed by atoms with Gasteiger partial charge in [0.25, 0.3) is 0 Å². The van der Waals surface area contributed by atoms with E-state index >= 15 is 0 Å². The molecule has 0 spiro atoms. The highest BCUT2D eigenvalue weighted by Gasteiger charge is 2.47. The minimum Gasteiger partial charge on any atom is -0.493 e. The fraction of sp³-hybridized carbons (Fsp3) is 0.348. The van der Waals surface area contributed by atoms with E-state index in [0.29, 0.717) is 23.4 Å². The fourth-order valence-corrected chi connectivity index (χ4v) is 4.13. The Morgan fingerprint density at radius 2 is 1.90 bits per heavy atom. The number of methoxy groups -OCH3 is 2. The summed E-state index contributed by atoms with van der Waals surface area (Å²) in [6, 6.07) is 8.33. The van der Waals surface area contributed by atoms with Crippen molar-refractivity contribution in [2.75, 3.05) is 19.5 Å². The Kier molecular flexibility index (Phi) is 5.31. The first-order chi connectivity index (χ1) is 14.8. The maximum Gasteiger partial charge on any atom is 0.344 e. The average Bonchev–Trinajstić information content (AvgIpc) is 3.29. The molecule has 1 saturated heterocycles. The zero-order chi connectivity index (χ0) is 22.3. The van der Waals surface area contributed by atoms with Crippen molar-refractivity contribution < 1.29 is 28.6 Å². The molecule has 0 radical (unpaired) electrons. The van der Waals surface area contributed by atoms with E-state index in [1.165, 1.54) is 19.1 Å². The number of ether oxygens (including phenoxy) is 3. The van der Waals surface area contributed by atoms with E-state index in [-0.39, 0.29) is 29.5 Å². The number of hydrogen-bond donors (Lipinski definition) is 1. The predicted molar refractivity (Wildman–Crippen MR) is 112 cm³/mol. The SMILES string of the molecule is COc1ccc2c(c1OC)C(=O)OC2N1C(=O)CCC1C(=O)Nc1cc(C)ccc1C. The molecule has 162 valence electrons. The highest BCUT2D eigenvalue weighted by atomic mass is 16.6. The van der Waals surface area contributed by atoms with Crippen LogP contribution in [0.1, 0.15) is 46.1 Å². The van der Waals surface area contributed by atoms with Crippen molar-refractivity contribution in [2.45, 2.75) is 39.0 Å². The lowest BCUT2D eigenvalue weighted by molar-refractivity contribution is -0.144. The zero-order valence-electron chi connectivity index (χ0n) is 17.9. The smallest absolute Gasteiger partial charge is 0.344 e. The number of amides is 2. The third-order valence-corrected chi connectivity index (χ3v) is 5.73. The van der Waals surface area contributed by atoms with Crippen molar-refractivity contribution in [1.29, 1.82) is 0 Å². The summed E-state index contributed by atoms with van der Waals surface area (Å²) in [5.74, 6) is -0.554. The van der Waals surface area contributed by atoms with Crippen LogP contribution < -0.4 is 14.8 Å². The Balaban J connectivity index is 1.66. The van der Waals surface area contributed by atoms with Gasteiger partial charge in [-0.1, -0.05) is 12.1 Å². The number of carbonyl (C=O) groups excluding carboxylic acids is 3. The van der Waals surface area contributed by atoms with Gasteiger partial charge in [-0.05, 0) is 49.6 Å². The molecule has 1 N–H and O–H groups in total. The van der Waals surface area contributed by atoms with Crippen molar-refractivity contribution in [1.82, 2.24) is 4.90 Å². The summed E-state index contributed by atoms with van der Waals surface area (Å²) in [5.41, 5.74) is 3.31. The number of benzene rings is 2. The molecule has 2 heterocycles. The van der Waals surface area contributed by atoms with Crippen LogP contribution in [0, 0.1) is 13.8 Å². The van der Waals surface area contributed by atoms with Crippen LogP contribution in [-0.4, -0.2) is 42.9 Å². The predicted octanol–water partition coefficient (Wildman–Crippen LogP) is 3.12. The van der Waals surface area contributed by atoms with Gasteiger partial charge in [0.15, 0.2) is 11.5 Å². The van der Waals surface area contributed by atoms with Gasteiger partial charge in [-0.2, -0.15) is 0 Å². The van der Waals surface area contributed by atoms with Crippen LogP contribution >= 0.6 is 0 Å². The van der Waals surface area contributed by atoms with E-state index in [0.717, 1.165) is 11.1 Å². The van der Waals surface area contributed by atoms with Gasteiger partial charge in [0.1, 0.15) is 11.6 Å². The van der Waals surface area contributed by atoms with E-state index in [2.05, 4.69) is 5.32 Å². The van der Waals surface area contributed by atoms with Crippen LogP contribution in [0.3, 0.4) is 0 Å². The lowest BCUT2D eigenvalue weighted by Gasteiger charge is -2.29. The van der Waals surface area contributed by atoms with Gasteiger partial charge in [0, 0.05) is 17.7 Å². The Morgan fingerprint density at radius 1 is 1.13 bits per heavy atom. The number of likely N-dealkylation sites (tertiary alicyclic amines) is 1. The quantitative estimate of drug-likeness (QED) is 0.742. The monoisotopic (exact) mass is 424 g/mol. The highest BCUT2D eigenvalue weighted by molar-refractivity contribution is 6.01. The van der Waals surface area contributed by atoms with Crippen LogP contribution in [0.25, 0.3) is 0 Å². The summed E-state index contributed by atoms with van der Waals surface area (Å²) >= 11 is 0. The highest BCUT2D eigenvalue weighted by Crippen LogP contribution is 2.45. The molecule has 0 saturated carbocycles. The molecule has 2 unspecified atom stereocenters. The molecule has 8 nitrogen and oxygen atoms in total.